The maximum atomic E-state index is 9.41. The van der Waals surface area contributed by atoms with Crippen molar-refractivity contribution in [3.8, 4) is 0 Å². The Balaban J connectivity index is 2.15. The SMILES string of the molecule is CC(C)(C)c1nc(CN2CCCC2)sc1CO. The van der Waals surface area contributed by atoms with Gasteiger partial charge in [0.15, 0.2) is 0 Å². The van der Waals surface area contributed by atoms with Crippen molar-refractivity contribution in [2.24, 2.45) is 0 Å². The predicted molar refractivity (Wildman–Crippen MR) is 71.2 cm³/mol. The van der Waals surface area contributed by atoms with Crippen molar-refractivity contribution >= 4 is 11.3 Å². The van der Waals surface area contributed by atoms with Crippen molar-refractivity contribution in [3.05, 3.63) is 15.6 Å². The predicted octanol–water partition coefficient (Wildman–Crippen LogP) is 2.53. The third kappa shape index (κ3) is 3.06. The molecule has 0 atom stereocenters. The van der Waals surface area contributed by atoms with Crippen LogP contribution in [-0.4, -0.2) is 28.1 Å². The molecule has 4 heteroatoms. The van der Waals surface area contributed by atoms with Gasteiger partial charge in [-0.3, -0.25) is 4.90 Å². The number of rotatable bonds is 3. The van der Waals surface area contributed by atoms with Crippen LogP contribution in [0.1, 0.15) is 49.2 Å². The van der Waals surface area contributed by atoms with Gasteiger partial charge in [-0.05, 0) is 25.9 Å². The maximum absolute atomic E-state index is 9.41. The van der Waals surface area contributed by atoms with Crippen LogP contribution in [0.4, 0.5) is 0 Å². The molecule has 0 aromatic carbocycles. The monoisotopic (exact) mass is 254 g/mol. The summed E-state index contributed by atoms with van der Waals surface area (Å²) in [7, 11) is 0. The van der Waals surface area contributed by atoms with Crippen LogP contribution in [0.15, 0.2) is 0 Å². The fraction of sp³-hybridized carbons (Fsp3) is 0.769. The Morgan fingerprint density at radius 1 is 1.29 bits per heavy atom. The Hall–Kier alpha value is -0.450. The summed E-state index contributed by atoms with van der Waals surface area (Å²) in [4.78, 5) is 8.22. The average Bonchev–Trinajstić information content (AvgIpc) is 2.86. The van der Waals surface area contributed by atoms with Gasteiger partial charge >= 0.3 is 0 Å². The molecule has 0 unspecified atom stereocenters. The number of hydrogen-bond donors (Lipinski definition) is 1. The molecule has 0 bridgehead atoms. The average molecular weight is 254 g/mol. The summed E-state index contributed by atoms with van der Waals surface area (Å²) in [6, 6.07) is 0. The van der Waals surface area contributed by atoms with Gasteiger partial charge in [0.25, 0.3) is 0 Å². The first-order valence-electron chi connectivity index (χ1n) is 6.33. The molecule has 96 valence electrons. The quantitative estimate of drug-likeness (QED) is 0.900. The summed E-state index contributed by atoms with van der Waals surface area (Å²) in [6.07, 6.45) is 2.62. The summed E-state index contributed by atoms with van der Waals surface area (Å²) in [5, 5.41) is 10.6. The minimum atomic E-state index is 0.0256. The highest BCUT2D eigenvalue weighted by atomic mass is 32.1. The van der Waals surface area contributed by atoms with Crippen molar-refractivity contribution in [1.29, 1.82) is 0 Å². The van der Waals surface area contributed by atoms with Gasteiger partial charge in [0, 0.05) is 5.41 Å². The number of aromatic nitrogens is 1. The van der Waals surface area contributed by atoms with Crippen LogP contribution >= 0.6 is 11.3 Å². The Morgan fingerprint density at radius 3 is 2.41 bits per heavy atom. The Kier molecular flexibility index (Phi) is 3.85. The molecule has 0 aliphatic carbocycles. The van der Waals surface area contributed by atoms with E-state index in [1.165, 1.54) is 25.9 Å². The number of nitrogens with zero attached hydrogens (tertiary/aromatic N) is 2. The molecule has 0 spiro atoms. The number of aliphatic hydroxyl groups is 1. The Labute approximate surface area is 107 Å². The molecule has 1 N–H and O–H groups in total. The second kappa shape index (κ2) is 5.04. The van der Waals surface area contributed by atoms with Gasteiger partial charge in [0.05, 0.1) is 23.7 Å². The lowest BCUT2D eigenvalue weighted by Crippen LogP contribution is -2.19. The van der Waals surface area contributed by atoms with Crippen LogP contribution in [0.5, 0.6) is 0 Å². The third-order valence-electron chi connectivity index (χ3n) is 3.15. The summed E-state index contributed by atoms with van der Waals surface area (Å²) in [5.41, 5.74) is 1.09. The molecule has 1 aliphatic heterocycles. The molecular formula is C13H22N2OS. The fourth-order valence-corrected chi connectivity index (χ4v) is 3.47. The third-order valence-corrected chi connectivity index (χ3v) is 4.18. The van der Waals surface area contributed by atoms with E-state index in [2.05, 4.69) is 25.7 Å². The van der Waals surface area contributed by atoms with Gasteiger partial charge < -0.3 is 5.11 Å². The van der Waals surface area contributed by atoms with E-state index in [9.17, 15) is 5.11 Å². The van der Waals surface area contributed by atoms with Crippen molar-refractivity contribution in [2.75, 3.05) is 13.1 Å². The van der Waals surface area contributed by atoms with E-state index in [1.807, 2.05) is 0 Å². The minimum Gasteiger partial charge on any atom is -0.391 e. The van der Waals surface area contributed by atoms with Crippen molar-refractivity contribution in [2.45, 2.75) is 52.2 Å². The van der Waals surface area contributed by atoms with Gasteiger partial charge in [-0.15, -0.1) is 11.3 Å². The smallest absolute Gasteiger partial charge is 0.107 e. The summed E-state index contributed by atoms with van der Waals surface area (Å²) in [5.74, 6) is 0. The van der Waals surface area contributed by atoms with E-state index in [4.69, 9.17) is 4.98 Å². The first kappa shape index (κ1) is 13.0. The largest absolute Gasteiger partial charge is 0.391 e. The number of thiazole rings is 1. The zero-order valence-electron chi connectivity index (χ0n) is 11.0. The standard InChI is InChI=1S/C13H22N2OS/c1-13(2,3)12-10(9-16)17-11(14-12)8-15-6-4-5-7-15/h16H,4-9H2,1-3H3. The van der Waals surface area contributed by atoms with Crippen LogP contribution in [0.3, 0.4) is 0 Å². The van der Waals surface area contributed by atoms with Crippen LogP contribution in [0, 0.1) is 0 Å². The molecule has 0 saturated carbocycles. The van der Waals surface area contributed by atoms with Gasteiger partial charge in [0.2, 0.25) is 0 Å². The van der Waals surface area contributed by atoms with Crippen molar-refractivity contribution in [1.82, 2.24) is 9.88 Å². The van der Waals surface area contributed by atoms with E-state index < -0.39 is 0 Å². The highest BCUT2D eigenvalue weighted by Crippen LogP contribution is 2.30. The van der Waals surface area contributed by atoms with Crippen LogP contribution in [0.25, 0.3) is 0 Å². The van der Waals surface area contributed by atoms with Gasteiger partial charge in [-0.2, -0.15) is 0 Å². The van der Waals surface area contributed by atoms with Crippen LogP contribution in [0.2, 0.25) is 0 Å². The fourth-order valence-electron chi connectivity index (χ4n) is 2.29. The number of aliphatic hydroxyl groups excluding tert-OH is 1. The molecule has 17 heavy (non-hydrogen) atoms. The lowest BCUT2D eigenvalue weighted by molar-refractivity contribution is 0.282. The van der Waals surface area contributed by atoms with E-state index in [1.54, 1.807) is 11.3 Å². The summed E-state index contributed by atoms with van der Waals surface area (Å²) in [6.45, 7) is 9.92. The zero-order valence-corrected chi connectivity index (χ0v) is 11.8. The first-order valence-corrected chi connectivity index (χ1v) is 7.14. The van der Waals surface area contributed by atoms with E-state index in [-0.39, 0.29) is 12.0 Å². The van der Waals surface area contributed by atoms with Crippen molar-refractivity contribution < 1.29 is 5.11 Å². The summed E-state index contributed by atoms with van der Waals surface area (Å²) >= 11 is 1.67. The molecule has 0 radical (unpaired) electrons. The van der Waals surface area contributed by atoms with E-state index >= 15 is 0 Å². The van der Waals surface area contributed by atoms with E-state index in [0.29, 0.717) is 0 Å². The highest BCUT2D eigenvalue weighted by molar-refractivity contribution is 7.11. The number of hydrogen-bond acceptors (Lipinski definition) is 4. The van der Waals surface area contributed by atoms with E-state index in [0.717, 1.165) is 22.1 Å². The van der Waals surface area contributed by atoms with Gasteiger partial charge in [-0.25, -0.2) is 4.98 Å². The molecule has 3 nitrogen and oxygen atoms in total. The molecule has 0 amide bonds. The van der Waals surface area contributed by atoms with Crippen LogP contribution in [-0.2, 0) is 18.6 Å². The minimum absolute atomic E-state index is 0.0256. The molecule has 2 rings (SSSR count). The second-order valence-corrected chi connectivity index (χ2v) is 6.94. The lowest BCUT2D eigenvalue weighted by Gasteiger charge is -2.17. The normalized spacial score (nSPS) is 17.9. The molecule has 1 aliphatic rings. The van der Waals surface area contributed by atoms with Gasteiger partial charge in [-0.1, -0.05) is 20.8 Å². The molecule has 1 aromatic heterocycles. The topological polar surface area (TPSA) is 36.4 Å². The second-order valence-electron chi connectivity index (χ2n) is 5.77. The maximum Gasteiger partial charge on any atom is 0.107 e. The Morgan fingerprint density at radius 2 is 1.94 bits per heavy atom. The highest BCUT2D eigenvalue weighted by Gasteiger charge is 2.23. The van der Waals surface area contributed by atoms with Gasteiger partial charge in [0.1, 0.15) is 5.01 Å². The number of likely N-dealkylation sites (tertiary alicyclic amines) is 1. The van der Waals surface area contributed by atoms with Crippen LogP contribution < -0.4 is 0 Å². The molecule has 2 heterocycles. The van der Waals surface area contributed by atoms with Crippen molar-refractivity contribution in [3.63, 3.8) is 0 Å². The molecule has 1 fully saturated rings. The summed E-state index contributed by atoms with van der Waals surface area (Å²) < 4.78 is 0. The molecule has 1 saturated heterocycles. The lowest BCUT2D eigenvalue weighted by atomic mass is 9.91. The Bertz CT molecular complexity index is 375. The first-order chi connectivity index (χ1) is 8.00. The molecular weight excluding hydrogens is 232 g/mol. The molecule has 1 aromatic rings. The zero-order chi connectivity index (χ0) is 12.5.